The smallest absolute Gasteiger partial charge is 0.258 e. The molecule has 5 heteroatoms. The van der Waals surface area contributed by atoms with Crippen molar-refractivity contribution in [3.63, 3.8) is 0 Å². The van der Waals surface area contributed by atoms with Crippen LogP contribution in [0, 0.1) is 21.7 Å². The van der Waals surface area contributed by atoms with E-state index < -0.39 is 22.2 Å². The molecule has 0 aliphatic rings. The Morgan fingerprint density at radius 3 is 2.57 bits per heavy atom. The molecular weight excluding hydrogens is 192 g/mol. The third kappa shape index (κ3) is 1.93. The van der Waals surface area contributed by atoms with Crippen LogP contribution in [0.2, 0.25) is 0 Å². The van der Waals surface area contributed by atoms with Gasteiger partial charge in [-0.2, -0.15) is 4.39 Å². The highest BCUT2D eigenvalue weighted by Gasteiger charge is 2.17. The number of hydrogen-bond donors (Lipinski definition) is 0. The van der Waals surface area contributed by atoms with E-state index in [2.05, 4.69) is 6.58 Å². The average Bonchev–Trinajstić information content (AvgIpc) is 2.10. The predicted molar refractivity (Wildman–Crippen MR) is 46.9 cm³/mol. The highest BCUT2D eigenvalue weighted by Crippen LogP contribution is 2.21. The first-order valence-electron chi connectivity index (χ1n) is 3.79. The molecule has 0 N–H and O–H groups in total. The number of nitro groups is 1. The van der Waals surface area contributed by atoms with Crippen molar-refractivity contribution in [2.45, 2.75) is 6.42 Å². The van der Waals surface area contributed by atoms with Crippen molar-refractivity contribution >= 4 is 5.69 Å². The van der Waals surface area contributed by atoms with Gasteiger partial charge in [0.2, 0.25) is 5.82 Å². The van der Waals surface area contributed by atoms with Gasteiger partial charge in [-0.3, -0.25) is 10.1 Å². The molecule has 0 bridgehead atoms. The van der Waals surface area contributed by atoms with Crippen molar-refractivity contribution in [3.05, 3.63) is 52.1 Å². The minimum atomic E-state index is -1.03. The topological polar surface area (TPSA) is 43.1 Å². The van der Waals surface area contributed by atoms with E-state index in [0.29, 0.717) is 6.07 Å². The average molecular weight is 199 g/mol. The van der Waals surface area contributed by atoms with Gasteiger partial charge in [-0.05, 0) is 18.1 Å². The molecule has 74 valence electrons. The summed E-state index contributed by atoms with van der Waals surface area (Å²) in [4.78, 5) is 9.26. The molecular formula is C9H7F2NO2. The Morgan fingerprint density at radius 2 is 2.07 bits per heavy atom. The number of allylic oxidation sites excluding steroid dienone is 1. The van der Waals surface area contributed by atoms with Crippen LogP contribution in [-0.4, -0.2) is 4.92 Å². The molecule has 1 aromatic rings. The number of nitrogens with zero attached hydrogens (tertiary/aromatic N) is 1. The Labute approximate surface area is 78.8 Å². The van der Waals surface area contributed by atoms with Crippen molar-refractivity contribution in [3.8, 4) is 0 Å². The van der Waals surface area contributed by atoms with Crippen LogP contribution < -0.4 is 0 Å². The monoisotopic (exact) mass is 199 g/mol. The standard InChI is InChI=1S/C9H7F2NO2/c1-2-3-6-4-8(11)9(12(13)14)5-7(6)10/h2,4-5H,1,3H2. The summed E-state index contributed by atoms with van der Waals surface area (Å²) in [6.07, 6.45) is 1.53. The highest BCUT2D eigenvalue weighted by atomic mass is 19.1. The molecule has 0 aromatic heterocycles. The van der Waals surface area contributed by atoms with Crippen molar-refractivity contribution in [1.82, 2.24) is 0 Å². The van der Waals surface area contributed by atoms with Crippen LogP contribution in [0.3, 0.4) is 0 Å². The lowest BCUT2D eigenvalue weighted by molar-refractivity contribution is -0.387. The van der Waals surface area contributed by atoms with E-state index in [4.69, 9.17) is 0 Å². The van der Waals surface area contributed by atoms with Crippen LogP contribution >= 0.6 is 0 Å². The molecule has 0 heterocycles. The molecule has 1 aromatic carbocycles. The van der Waals surface area contributed by atoms with E-state index in [0.717, 1.165) is 6.07 Å². The summed E-state index contributed by atoms with van der Waals surface area (Å²) in [5.74, 6) is -1.83. The molecule has 0 amide bonds. The Bertz CT molecular complexity index is 391. The Kier molecular flexibility index (Phi) is 2.91. The SMILES string of the molecule is C=CCc1cc(F)c([N+](=O)[O-])cc1F. The summed E-state index contributed by atoms with van der Waals surface area (Å²) < 4.78 is 26.0. The fraction of sp³-hybridized carbons (Fsp3) is 0.111. The first-order chi connectivity index (χ1) is 6.56. The van der Waals surface area contributed by atoms with Gasteiger partial charge >= 0.3 is 5.69 Å². The van der Waals surface area contributed by atoms with Crippen molar-refractivity contribution in [2.24, 2.45) is 0 Å². The maximum absolute atomic E-state index is 13.1. The molecule has 0 radical (unpaired) electrons. The molecule has 0 atom stereocenters. The lowest BCUT2D eigenvalue weighted by Crippen LogP contribution is -1.97. The number of hydrogen-bond acceptors (Lipinski definition) is 2. The number of halogens is 2. The normalized spacial score (nSPS) is 9.86. The van der Waals surface area contributed by atoms with Gasteiger partial charge in [0.25, 0.3) is 0 Å². The van der Waals surface area contributed by atoms with Gasteiger partial charge in [-0.1, -0.05) is 6.08 Å². The van der Waals surface area contributed by atoms with Gasteiger partial charge in [-0.25, -0.2) is 4.39 Å². The summed E-state index contributed by atoms with van der Waals surface area (Å²) in [5, 5.41) is 10.2. The molecule has 0 saturated heterocycles. The maximum Gasteiger partial charge on any atom is 0.307 e. The third-order valence-electron chi connectivity index (χ3n) is 1.68. The Balaban J connectivity index is 3.23. The predicted octanol–water partition coefficient (Wildman–Crippen LogP) is 2.60. The second-order valence-corrected chi connectivity index (χ2v) is 2.64. The molecule has 0 aliphatic carbocycles. The summed E-state index contributed by atoms with van der Waals surface area (Å²) in [6.45, 7) is 3.36. The summed E-state index contributed by atoms with van der Waals surface area (Å²) in [7, 11) is 0. The van der Waals surface area contributed by atoms with E-state index >= 15 is 0 Å². The fourth-order valence-corrected chi connectivity index (χ4v) is 1.03. The van der Waals surface area contributed by atoms with E-state index in [1.54, 1.807) is 0 Å². The largest absolute Gasteiger partial charge is 0.307 e. The summed E-state index contributed by atoms with van der Waals surface area (Å²) >= 11 is 0. The van der Waals surface area contributed by atoms with Crippen molar-refractivity contribution < 1.29 is 13.7 Å². The molecule has 0 unspecified atom stereocenters. The summed E-state index contributed by atoms with van der Waals surface area (Å²) in [5.41, 5.74) is -0.793. The van der Waals surface area contributed by atoms with Crippen LogP contribution in [0.15, 0.2) is 24.8 Å². The van der Waals surface area contributed by atoms with E-state index in [1.807, 2.05) is 0 Å². The Morgan fingerprint density at radius 1 is 1.43 bits per heavy atom. The molecule has 3 nitrogen and oxygen atoms in total. The molecule has 0 spiro atoms. The van der Waals surface area contributed by atoms with Crippen LogP contribution in [-0.2, 0) is 6.42 Å². The van der Waals surface area contributed by atoms with Crippen molar-refractivity contribution in [1.29, 1.82) is 0 Å². The molecule has 1 rings (SSSR count). The van der Waals surface area contributed by atoms with Crippen LogP contribution in [0.25, 0.3) is 0 Å². The number of benzene rings is 1. The van der Waals surface area contributed by atoms with Gasteiger partial charge in [0.15, 0.2) is 0 Å². The molecule has 14 heavy (non-hydrogen) atoms. The zero-order valence-electron chi connectivity index (χ0n) is 7.17. The van der Waals surface area contributed by atoms with Gasteiger partial charge in [-0.15, -0.1) is 6.58 Å². The Hall–Kier alpha value is -1.78. The lowest BCUT2D eigenvalue weighted by Gasteiger charge is -2.00. The minimum absolute atomic E-state index is 0.0584. The van der Waals surface area contributed by atoms with Gasteiger partial charge in [0, 0.05) is 0 Å². The molecule has 0 saturated carbocycles. The fourth-order valence-electron chi connectivity index (χ4n) is 1.03. The van der Waals surface area contributed by atoms with Gasteiger partial charge in [0.1, 0.15) is 5.82 Å². The highest BCUT2D eigenvalue weighted by molar-refractivity contribution is 5.36. The first kappa shape index (κ1) is 10.3. The third-order valence-corrected chi connectivity index (χ3v) is 1.68. The number of nitro benzene ring substituents is 1. The van der Waals surface area contributed by atoms with Crippen molar-refractivity contribution in [2.75, 3.05) is 0 Å². The molecule has 0 fully saturated rings. The molecule has 0 aliphatic heterocycles. The maximum atomic E-state index is 13.1. The van der Waals surface area contributed by atoms with Crippen LogP contribution in [0.1, 0.15) is 5.56 Å². The minimum Gasteiger partial charge on any atom is -0.258 e. The van der Waals surface area contributed by atoms with Crippen LogP contribution in [0.5, 0.6) is 0 Å². The zero-order chi connectivity index (χ0) is 10.7. The van der Waals surface area contributed by atoms with E-state index in [-0.39, 0.29) is 12.0 Å². The summed E-state index contributed by atoms with van der Waals surface area (Å²) in [6, 6.07) is 1.39. The van der Waals surface area contributed by atoms with Gasteiger partial charge in [0.05, 0.1) is 11.0 Å². The van der Waals surface area contributed by atoms with E-state index in [9.17, 15) is 18.9 Å². The second kappa shape index (κ2) is 3.95. The first-order valence-corrected chi connectivity index (χ1v) is 3.79. The second-order valence-electron chi connectivity index (χ2n) is 2.64. The lowest BCUT2D eigenvalue weighted by atomic mass is 10.1. The van der Waals surface area contributed by atoms with Gasteiger partial charge < -0.3 is 0 Å². The quantitative estimate of drug-likeness (QED) is 0.426. The number of rotatable bonds is 3. The van der Waals surface area contributed by atoms with Crippen LogP contribution in [0.4, 0.5) is 14.5 Å². The van der Waals surface area contributed by atoms with E-state index in [1.165, 1.54) is 6.08 Å². The zero-order valence-corrected chi connectivity index (χ0v) is 7.17.